The van der Waals surface area contributed by atoms with Crippen LogP contribution in [0.2, 0.25) is 0 Å². The molecule has 0 unspecified atom stereocenters. The average molecular weight is 782 g/mol. The molecular formula is C58H43N3. The monoisotopic (exact) mass is 781 g/mol. The molecule has 0 aliphatic heterocycles. The minimum Gasteiger partial charge on any atom is -0.355 e. The van der Waals surface area contributed by atoms with Crippen molar-refractivity contribution in [2.45, 2.75) is 0 Å². The van der Waals surface area contributed by atoms with E-state index in [2.05, 4.69) is 270 Å². The van der Waals surface area contributed by atoms with Crippen LogP contribution < -0.4 is 15.1 Å². The number of fused-ring (bicyclic) bond motifs is 1. The summed E-state index contributed by atoms with van der Waals surface area (Å²) in [5.41, 5.74) is 15.4. The van der Waals surface area contributed by atoms with Crippen molar-refractivity contribution < 1.29 is 0 Å². The highest BCUT2D eigenvalue weighted by Crippen LogP contribution is 2.45. The molecule has 0 saturated carbocycles. The summed E-state index contributed by atoms with van der Waals surface area (Å²) in [5, 5.41) is 6.26. The Morgan fingerprint density at radius 3 is 1.21 bits per heavy atom. The molecule has 10 rings (SSSR count). The number of hydrogen-bond acceptors (Lipinski definition) is 3. The number of nitrogens with one attached hydrogen (secondary N) is 1. The fourth-order valence-electron chi connectivity index (χ4n) is 8.32. The van der Waals surface area contributed by atoms with Crippen molar-refractivity contribution in [3.05, 3.63) is 255 Å². The van der Waals surface area contributed by atoms with E-state index in [1.54, 1.807) is 0 Å². The summed E-state index contributed by atoms with van der Waals surface area (Å²) >= 11 is 0. The minimum atomic E-state index is 1.03. The lowest BCUT2D eigenvalue weighted by Crippen LogP contribution is -2.11. The van der Waals surface area contributed by atoms with Crippen molar-refractivity contribution in [2.75, 3.05) is 15.1 Å². The average Bonchev–Trinajstić information content (AvgIpc) is 3.34. The molecule has 0 aliphatic carbocycles. The maximum absolute atomic E-state index is 3.84. The third-order valence-corrected chi connectivity index (χ3v) is 11.2. The van der Waals surface area contributed by atoms with E-state index in [9.17, 15) is 0 Å². The van der Waals surface area contributed by atoms with Crippen molar-refractivity contribution in [1.29, 1.82) is 0 Å². The van der Waals surface area contributed by atoms with Gasteiger partial charge in [-0.25, -0.2) is 0 Å². The van der Waals surface area contributed by atoms with Gasteiger partial charge < -0.3 is 15.1 Å². The molecule has 0 aliphatic rings. The van der Waals surface area contributed by atoms with Gasteiger partial charge >= 0.3 is 0 Å². The second-order valence-electron chi connectivity index (χ2n) is 15.1. The van der Waals surface area contributed by atoms with Crippen LogP contribution in [0.25, 0.3) is 44.2 Å². The van der Waals surface area contributed by atoms with Crippen LogP contribution >= 0.6 is 0 Å². The first-order valence-corrected chi connectivity index (χ1v) is 20.8. The Kier molecular flexibility index (Phi) is 10.3. The topological polar surface area (TPSA) is 18.5 Å². The Bertz CT molecular complexity index is 2980. The molecule has 0 saturated heterocycles. The van der Waals surface area contributed by atoms with E-state index in [1.165, 1.54) is 10.8 Å². The second-order valence-corrected chi connectivity index (χ2v) is 15.1. The van der Waals surface area contributed by atoms with E-state index >= 15 is 0 Å². The standard InChI is InChI=1S/C58H43N3/c1-5-24-49(25-6-1)60(50-26-7-2-8-27-50)57-34-17-15-32-53(57)45-22-19-23-46(40-45)55-42-47(37-39-56(55)59-48-38-36-43-20-13-14-21-44(43)41-48)54-33-16-18-35-58(54)61(51-28-9-3-10-29-51)52-30-11-4-12-31-52/h1-42,59H. The predicted molar refractivity (Wildman–Crippen MR) is 259 cm³/mol. The zero-order valence-corrected chi connectivity index (χ0v) is 33.6. The van der Waals surface area contributed by atoms with E-state index in [0.717, 1.165) is 78.9 Å². The zero-order valence-electron chi connectivity index (χ0n) is 33.6. The van der Waals surface area contributed by atoms with Crippen LogP contribution in [0.4, 0.5) is 45.5 Å². The summed E-state index contributed by atoms with van der Waals surface area (Å²) in [6.45, 7) is 0. The smallest absolute Gasteiger partial charge is 0.0540 e. The lowest BCUT2D eigenvalue weighted by molar-refractivity contribution is 1.28. The summed E-state index contributed by atoms with van der Waals surface area (Å²) in [7, 11) is 0. The van der Waals surface area contributed by atoms with Gasteiger partial charge in [-0.2, -0.15) is 0 Å². The lowest BCUT2D eigenvalue weighted by Gasteiger charge is -2.28. The quantitative estimate of drug-likeness (QED) is 0.141. The van der Waals surface area contributed by atoms with E-state index in [0.29, 0.717) is 0 Å². The molecule has 0 amide bonds. The fraction of sp³-hybridized carbons (Fsp3) is 0. The van der Waals surface area contributed by atoms with Gasteiger partial charge in [0.1, 0.15) is 0 Å². The number of nitrogens with zero attached hydrogens (tertiary/aromatic N) is 2. The van der Waals surface area contributed by atoms with Crippen LogP contribution in [0, 0.1) is 0 Å². The Hall–Kier alpha value is -8.14. The predicted octanol–water partition coefficient (Wildman–Crippen LogP) is 16.5. The molecule has 1 N–H and O–H groups in total. The van der Waals surface area contributed by atoms with Crippen LogP contribution in [-0.4, -0.2) is 0 Å². The summed E-state index contributed by atoms with van der Waals surface area (Å²) in [6, 6.07) is 90.8. The van der Waals surface area contributed by atoms with Crippen LogP contribution in [0.1, 0.15) is 0 Å². The second kappa shape index (κ2) is 17.0. The molecule has 0 aromatic heterocycles. The molecule has 290 valence electrons. The van der Waals surface area contributed by atoms with Crippen molar-refractivity contribution in [1.82, 2.24) is 0 Å². The summed E-state index contributed by atoms with van der Waals surface area (Å²) < 4.78 is 0. The highest BCUT2D eigenvalue weighted by molar-refractivity contribution is 5.95. The van der Waals surface area contributed by atoms with Gasteiger partial charge in [-0.15, -0.1) is 0 Å². The highest BCUT2D eigenvalue weighted by atomic mass is 15.1. The number of para-hydroxylation sites is 6. The molecule has 0 fully saturated rings. The summed E-state index contributed by atoms with van der Waals surface area (Å²) in [5.74, 6) is 0. The zero-order chi connectivity index (χ0) is 40.8. The first-order valence-electron chi connectivity index (χ1n) is 20.8. The van der Waals surface area contributed by atoms with Gasteiger partial charge in [-0.3, -0.25) is 0 Å². The minimum absolute atomic E-state index is 1.03. The summed E-state index contributed by atoms with van der Waals surface area (Å²) in [6.07, 6.45) is 0. The third kappa shape index (κ3) is 7.76. The molecule has 0 atom stereocenters. The first-order chi connectivity index (χ1) is 30.3. The van der Waals surface area contributed by atoms with Crippen LogP contribution in [0.3, 0.4) is 0 Å². The molecule has 3 heteroatoms. The maximum Gasteiger partial charge on any atom is 0.0540 e. The van der Waals surface area contributed by atoms with Crippen molar-refractivity contribution >= 4 is 56.3 Å². The molecule has 0 radical (unpaired) electrons. The van der Waals surface area contributed by atoms with Gasteiger partial charge in [-0.05, 0) is 118 Å². The lowest BCUT2D eigenvalue weighted by atomic mass is 9.93. The molecule has 0 bridgehead atoms. The van der Waals surface area contributed by atoms with Gasteiger partial charge in [0, 0.05) is 50.8 Å². The number of anilines is 8. The van der Waals surface area contributed by atoms with Crippen LogP contribution in [0.5, 0.6) is 0 Å². The van der Waals surface area contributed by atoms with E-state index in [4.69, 9.17) is 0 Å². The van der Waals surface area contributed by atoms with Crippen LogP contribution in [0.15, 0.2) is 255 Å². The molecular weight excluding hydrogens is 739 g/mol. The Morgan fingerprint density at radius 1 is 0.262 bits per heavy atom. The van der Waals surface area contributed by atoms with E-state index < -0.39 is 0 Å². The maximum atomic E-state index is 3.84. The number of benzene rings is 10. The Labute approximate surface area is 358 Å². The largest absolute Gasteiger partial charge is 0.355 e. The van der Waals surface area contributed by atoms with Gasteiger partial charge in [0.2, 0.25) is 0 Å². The summed E-state index contributed by atoms with van der Waals surface area (Å²) in [4.78, 5) is 4.69. The number of rotatable bonds is 11. The molecule has 0 heterocycles. The molecule has 10 aromatic carbocycles. The van der Waals surface area contributed by atoms with Gasteiger partial charge in [-0.1, -0.05) is 164 Å². The Balaban J connectivity index is 1.13. The van der Waals surface area contributed by atoms with Crippen molar-refractivity contribution in [2.24, 2.45) is 0 Å². The van der Waals surface area contributed by atoms with E-state index in [1.807, 2.05) is 0 Å². The van der Waals surface area contributed by atoms with Gasteiger partial charge in [0.05, 0.1) is 11.4 Å². The Morgan fingerprint density at radius 2 is 0.689 bits per heavy atom. The van der Waals surface area contributed by atoms with Gasteiger partial charge in [0.25, 0.3) is 0 Å². The molecule has 3 nitrogen and oxygen atoms in total. The van der Waals surface area contributed by atoms with Gasteiger partial charge in [0.15, 0.2) is 0 Å². The molecule has 61 heavy (non-hydrogen) atoms. The van der Waals surface area contributed by atoms with Crippen molar-refractivity contribution in [3.8, 4) is 33.4 Å². The first kappa shape index (κ1) is 37.2. The number of hydrogen-bond donors (Lipinski definition) is 1. The van der Waals surface area contributed by atoms with Crippen molar-refractivity contribution in [3.63, 3.8) is 0 Å². The SMILES string of the molecule is c1ccc(N(c2ccccc2)c2ccccc2-c2cccc(-c3cc(-c4ccccc4N(c4ccccc4)c4ccccc4)ccc3Nc3ccc4ccccc4c3)c2)cc1. The fourth-order valence-corrected chi connectivity index (χ4v) is 8.32. The molecule has 0 spiro atoms. The molecule has 10 aromatic rings. The third-order valence-electron chi connectivity index (χ3n) is 11.2. The highest BCUT2D eigenvalue weighted by Gasteiger charge is 2.20. The van der Waals surface area contributed by atoms with Crippen LogP contribution in [-0.2, 0) is 0 Å². The normalized spacial score (nSPS) is 11.0. The van der Waals surface area contributed by atoms with E-state index in [-0.39, 0.29) is 0 Å².